The van der Waals surface area contributed by atoms with Crippen LogP contribution in [0.1, 0.15) is 90.4 Å². The van der Waals surface area contributed by atoms with Crippen molar-refractivity contribution < 1.29 is 5.11 Å². The summed E-state index contributed by atoms with van der Waals surface area (Å²) in [6.45, 7) is 3.28. The summed E-state index contributed by atoms with van der Waals surface area (Å²) in [5.41, 5.74) is 6.32. The lowest BCUT2D eigenvalue weighted by Gasteiger charge is -2.37. The monoisotopic (exact) mass is 298 g/mol. The zero-order chi connectivity index (χ0) is 15.4. The minimum atomic E-state index is 0.133. The normalized spacial score (nSPS) is 23.0. The fourth-order valence-electron chi connectivity index (χ4n) is 3.69. The number of rotatable bonds is 6. The van der Waals surface area contributed by atoms with Crippen LogP contribution in [0.3, 0.4) is 0 Å². The van der Waals surface area contributed by atoms with Crippen LogP contribution in [0.4, 0.5) is 0 Å². The third-order valence-corrected chi connectivity index (χ3v) is 5.05. The Hall–Kier alpha value is -0.120. The van der Waals surface area contributed by atoms with Gasteiger partial charge in [0.2, 0.25) is 0 Å². The number of hydrogen-bond donors (Lipinski definition) is 3. The minimum Gasteiger partial charge on any atom is -0.396 e. The van der Waals surface area contributed by atoms with E-state index in [1.54, 1.807) is 0 Å². The van der Waals surface area contributed by atoms with E-state index in [0.717, 1.165) is 19.4 Å². The summed E-state index contributed by atoms with van der Waals surface area (Å²) in [7, 11) is 0. The molecule has 0 spiro atoms. The minimum absolute atomic E-state index is 0.133. The summed E-state index contributed by atoms with van der Waals surface area (Å²) in [5, 5.41) is 12.8. The summed E-state index contributed by atoms with van der Waals surface area (Å²) in [4.78, 5) is 0. The molecule has 3 nitrogen and oxygen atoms in total. The van der Waals surface area contributed by atoms with Gasteiger partial charge in [-0.05, 0) is 32.6 Å². The van der Waals surface area contributed by atoms with Crippen LogP contribution in [0.25, 0.3) is 0 Å². The Morgan fingerprint density at radius 2 is 1.43 bits per heavy atom. The summed E-state index contributed by atoms with van der Waals surface area (Å²) in [5.74, 6) is 0. The van der Waals surface area contributed by atoms with Gasteiger partial charge in [-0.1, -0.05) is 57.8 Å². The Morgan fingerprint density at radius 1 is 0.952 bits per heavy atom. The Morgan fingerprint density at radius 3 is 1.86 bits per heavy atom. The van der Waals surface area contributed by atoms with Gasteiger partial charge < -0.3 is 16.2 Å². The van der Waals surface area contributed by atoms with Gasteiger partial charge in [-0.3, -0.25) is 0 Å². The number of nitrogens with two attached hydrogens (primary N) is 1. The third-order valence-electron chi connectivity index (χ3n) is 5.05. The van der Waals surface area contributed by atoms with Crippen molar-refractivity contribution in [1.82, 2.24) is 5.32 Å². The van der Waals surface area contributed by atoms with Gasteiger partial charge in [0.15, 0.2) is 0 Å². The number of aliphatic hydroxyl groups is 1. The third kappa shape index (κ3) is 8.18. The van der Waals surface area contributed by atoms with Crippen LogP contribution in [0.2, 0.25) is 0 Å². The average Bonchev–Trinajstić information content (AvgIpc) is 2.48. The fraction of sp³-hybridized carbons (Fsp3) is 1.00. The van der Waals surface area contributed by atoms with Gasteiger partial charge in [0, 0.05) is 24.7 Å². The van der Waals surface area contributed by atoms with Crippen LogP contribution >= 0.6 is 0 Å². The Balaban J connectivity index is 2.53. The molecule has 0 aromatic carbocycles. The first kappa shape index (κ1) is 18.9. The molecule has 21 heavy (non-hydrogen) atoms. The van der Waals surface area contributed by atoms with Gasteiger partial charge in [-0.15, -0.1) is 0 Å². The zero-order valence-corrected chi connectivity index (χ0v) is 14.2. The highest BCUT2D eigenvalue weighted by Crippen LogP contribution is 2.25. The molecule has 1 aliphatic carbocycles. The molecule has 0 aromatic heterocycles. The maximum absolute atomic E-state index is 9.00. The number of nitrogens with one attached hydrogen (secondary N) is 1. The molecule has 0 amide bonds. The molecule has 0 aliphatic heterocycles. The molecular weight excluding hydrogens is 260 g/mol. The second-order valence-electron chi connectivity index (χ2n) is 7.08. The van der Waals surface area contributed by atoms with Crippen molar-refractivity contribution in [1.29, 1.82) is 0 Å². The Bertz CT molecular complexity index is 233. The van der Waals surface area contributed by atoms with Crippen molar-refractivity contribution >= 4 is 0 Å². The fourth-order valence-corrected chi connectivity index (χ4v) is 3.69. The summed E-state index contributed by atoms with van der Waals surface area (Å²) < 4.78 is 0. The zero-order valence-electron chi connectivity index (χ0n) is 14.2. The van der Waals surface area contributed by atoms with E-state index in [-0.39, 0.29) is 5.54 Å². The summed E-state index contributed by atoms with van der Waals surface area (Å²) in [6.07, 6.45) is 16.7. The first-order chi connectivity index (χ1) is 10.2. The molecule has 1 rings (SSSR count). The van der Waals surface area contributed by atoms with Gasteiger partial charge in [0.1, 0.15) is 0 Å². The molecule has 0 aromatic rings. The highest BCUT2D eigenvalue weighted by atomic mass is 16.2. The lowest BCUT2D eigenvalue weighted by molar-refractivity contribution is 0.224. The van der Waals surface area contributed by atoms with E-state index in [4.69, 9.17) is 10.8 Å². The van der Waals surface area contributed by atoms with Crippen molar-refractivity contribution in [3.63, 3.8) is 0 Å². The molecule has 4 N–H and O–H groups in total. The van der Waals surface area contributed by atoms with E-state index >= 15 is 0 Å². The lowest BCUT2D eigenvalue weighted by atomic mass is 9.84. The molecule has 1 aliphatic rings. The lowest BCUT2D eigenvalue weighted by Crippen LogP contribution is -2.54. The summed E-state index contributed by atoms with van der Waals surface area (Å²) >= 11 is 0. The molecule has 0 radical (unpaired) electrons. The van der Waals surface area contributed by atoms with E-state index in [1.165, 1.54) is 70.6 Å². The molecule has 1 saturated carbocycles. The van der Waals surface area contributed by atoms with Gasteiger partial charge in [0.25, 0.3) is 0 Å². The Labute approximate surface area is 132 Å². The molecule has 126 valence electrons. The van der Waals surface area contributed by atoms with Gasteiger partial charge >= 0.3 is 0 Å². The second-order valence-corrected chi connectivity index (χ2v) is 7.08. The molecular formula is C18H38N2O. The molecule has 1 fully saturated rings. The smallest absolute Gasteiger partial charge is 0.0431 e. The van der Waals surface area contributed by atoms with Crippen molar-refractivity contribution in [3.05, 3.63) is 0 Å². The van der Waals surface area contributed by atoms with Crippen LogP contribution < -0.4 is 11.1 Å². The largest absolute Gasteiger partial charge is 0.396 e. The molecule has 1 unspecified atom stereocenters. The number of hydrogen-bond acceptors (Lipinski definition) is 3. The first-order valence-corrected chi connectivity index (χ1v) is 9.31. The molecule has 0 saturated heterocycles. The number of aliphatic hydroxyl groups excluding tert-OH is 1. The molecule has 0 bridgehead atoms. The molecule has 1 atom stereocenters. The first-order valence-electron chi connectivity index (χ1n) is 9.31. The average molecular weight is 299 g/mol. The quantitative estimate of drug-likeness (QED) is 0.700. The highest BCUT2D eigenvalue weighted by molar-refractivity contribution is 4.91. The van der Waals surface area contributed by atoms with Gasteiger partial charge in [0.05, 0.1) is 0 Å². The predicted molar refractivity (Wildman–Crippen MR) is 91.5 cm³/mol. The van der Waals surface area contributed by atoms with Crippen LogP contribution in [-0.4, -0.2) is 29.8 Å². The van der Waals surface area contributed by atoms with Crippen LogP contribution in [-0.2, 0) is 0 Å². The maximum atomic E-state index is 9.00. The SMILES string of the molecule is CC(CCCO)NC1(CN)CCCCCCCCCCC1. The van der Waals surface area contributed by atoms with E-state index in [1.807, 2.05) is 0 Å². The van der Waals surface area contributed by atoms with E-state index in [9.17, 15) is 0 Å². The van der Waals surface area contributed by atoms with Crippen molar-refractivity contribution in [2.45, 2.75) is 102 Å². The Kier molecular flexibility index (Phi) is 10.3. The van der Waals surface area contributed by atoms with Crippen molar-refractivity contribution in [3.8, 4) is 0 Å². The molecule has 3 heteroatoms. The van der Waals surface area contributed by atoms with Crippen LogP contribution in [0.5, 0.6) is 0 Å². The second kappa shape index (κ2) is 11.4. The maximum Gasteiger partial charge on any atom is 0.0431 e. The van der Waals surface area contributed by atoms with Crippen molar-refractivity contribution in [2.24, 2.45) is 5.73 Å². The van der Waals surface area contributed by atoms with Crippen molar-refractivity contribution in [2.75, 3.05) is 13.2 Å². The van der Waals surface area contributed by atoms with E-state index < -0.39 is 0 Å². The standard InChI is InChI=1S/C18H38N2O/c1-17(12-11-15-21)20-18(16-19)13-9-7-5-3-2-4-6-8-10-14-18/h17,20-21H,2-16,19H2,1H3. The summed E-state index contributed by atoms with van der Waals surface area (Å²) in [6, 6.07) is 0.452. The van der Waals surface area contributed by atoms with Crippen LogP contribution in [0.15, 0.2) is 0 Å². The molecule has 0 heterocycles. The topological polar surface area (TPSA) is 58.3 Å². The highest BCUT2D eigenvalue weighted by Gasteiger charge is 2.28. The van der Waals surface area contributed by atoms with Gasteiger partial charge in [-0.2, -0.15) is 0 Å². The van der Waals surface area contributed by atoms with E-state index in [0.29, 0.717) is 12.6 Å². The predicted octanol–water partition coefficient (Wildman–Crippen LogP) is 3.74. The van der Waals surface area contributed by atoms with E-state index in [2.05, 4.69) is 12.2 Å². The van der Waals surface area contributed by atoms with Crippen LogP contribution in [0, 0.1) is 0 Å². The van der Waals surface area contributed by atoms with Gasteiger partial charge in [-0.25, -0.2) is 0 Å².